The van der Waals surface area contributed by atoms with Crippen molar-refractivity contribution in [2.24, 2.45) is 5.41 Å². The van der Waals surface area contributed by atoms with Crippen LogP contribution < -0.4 is 15.4 Å². The number of pyridine rings is 1. The van der Waals surface area contributed by atoms with Crippen LogP contribution in [-0.2, 0) is 22.7 Å². The van der Waals surface area contributed by atoms with Crippen molar-refractivity contribution in [2.75, 3.05) is 20.2 Å². The lowest BCUT2D eigenvalue weighted by molar-refractivity contribution is -0.144. The van der Waals surface area contributed by atoms with Gasteiger partial charge >= 0.3 is 0 Å². The third-order valence-corrected chi connectivity index (χ3v) is 6.16. The van der Waals surface area contributed by atoms with Crippen molar-refractivity contribution in [1.29, 1.82) is 0 Å². The van der Waals surface area contributed by atoms with Crippen LogP contribution in [0.4, 0.5) is 0 Å². The zero-order valence-electron chi connectivity index (χ0n) is 17.3. The quantitative estimate of drug-likeness (QED) is 0.763. The number of piperidine rings is 2. The maximum atomic E-state index is 13.4. The summed E-state index contributed by atoms with van der Waals surface area (Å²) >= 11 is 0. The molecule has 7 heteroatoms. The molecule has 2 aliphatic rings. The fourth-order valence-corrected chi connectivity index (χ4v) is 4.56. The molecule has 3 heterocycles. The van der Waals surface area contributed by atoms with Gasteiger partial charge in [0.25, 0.3) is 0 Å². The second kappa shape index (κ2) is 8.83. The number of methoxy groups -OCH3 is 1. The van der Waals surface area contributed by atoms with Crippen LogP contribution in [-0.4, -0.2) is 47.9 Å². The Kier molecular flexibility index (Phi) is 5.99. The minimum atomic E-state index is -0.625. The largest absolute Gasteiger partial charge is 0.481 e. The summed E-state index contributed by atoms with van der Waals surface area (Å²) in [6, 6.07) is 15.5. The normalized spacial score (nSPS) is 23.9. The zero-order valence-corrected chi connectivity index (χ0v) is 17.3. The van der Waals surface area contributed by atoms with E-state index in [4.69, 9.17) is 4.74 Å². The van der Waals surface area contributed by atoms with Gasteiger partial charge in [-0.2, -0.15) is 0 Å². The molecule has 7 nitrogen and oxygen atoms in total. The van der Waals surface area contributed by atoms with Crippen LogP contribution >= 0.6 is 0 Å². The first-order valence-electron chi connectivity index (χ1n) is 10.4. The third kappa shape index (κ3) is 4.31. The van der Waals surface area contributed by atoms with E-state index in [1.54, 1.807) is 7.11 Å². The molecule has 1 aromatic heterocycles. The van der Waals surface area contributed by atoms with Crippen molar-refractivity contribution in [3.8, 4) is 5.88 Å². The van der Waals surface area contributed by atoms with Crippen molar-refractivity contribution >= 4 is 11.8 Å². The summed E-state index contributed by atoms with van der Waals surface area (Å²) in [7, 11) is 1.61. The number of fused-ring (bicyclic) bond motifs is 1. The highest BCUT2D eigenvalue weighted by Gasteiger charge is 2.51. The number of carbonyl (C=O) groups excluding carboxylic acids is 2. The van der Waals surface area contributed by atoms with Crippen molar-refractivity contribution < 1.29 is 14.3 Å². The average molecular weight is 409 g/mol. The Hall–Kier alpha value is -2.93. The van der Waals surface area contributed by atoms with Crippen molar-refractivity contribution in [3.63, 3.8) is 0 Å². The molecule has 0 spiro atoms. The predicted octanol–water partition coefficient (Wildman–Crippen LogP) is 1.88. The number of nitrogens with zero attached hydrogens (tertiary/aromatic N) is 2. The molecular formula is C23H28N4O3. The summed E-state index contributed by atoms with van der Waals surface area (Å²) in [6.07, 6.45) is 1.68. The number of ether oxygens (including phenoxy) is 1. The summed E-state index contributed by atoms with van der Waals surface area (Å²) in [6.45, 7) is 2.53. The van der Waals surface area contributed by atoms with Gasteiger partial charge in [-0.05, 0) is 24.5 Å². The molecule has 0 aliphatic carbocycles. The van der Waals surface area contributed by atoms with Crippen LogP contribution in [0.5, 0.6) is 5.88 Å². The van der Waals surface area contributed by atoms with Crippen LogP contribution in [0, 0.1) is 5.41 Å². The standard InChI is InChI=1S/C23H28N4O3/c1-30-21-9-5-8-18(25-21)15-27-13-11-19-23(16-27,12-10-20(28)26-19)22(29)24-14-17-6-3-2-4-7-17/h2-9,19H,10-16H2,1H3,(H,24,29)(H,26,28)/t19-,23+/m1/s1. The summed E-state index contributed by atoms with van der Waals surface area (Å²) < 4.78 is 5.23. The maximum absolute atomic E-state index is 13.4. The van der Waals surface area contributed by atoms with Crippen LogP contribution in [0.3, 0.4) is 0 Å². The van der Waals surface area contributed by atoms with Crippen molar-refractivity contribution in [3.05, 3.63) is 59.8 Å². The van der Waals surface area contributed by atoms with Crippen molar-refractivity contribution in [2.45, 2.75) is 38.4 Å². The van der Waals surface area contributed by atoms with E-state index in [1.807, 2.05) is 48.5 Å². The Balaban J connectivity index is 1.50. The molecule has 2 atom stereocenters. The topological polar surface area (TPSA) is 83.6 Å². The van der Waals surface area contributed by atoms with Crippen LogP contribution in [0.25, 0.3) is 0 Å². The van der Waals surface area contributed by atoms with E-state index in [9.17, 15) is 9.59 Å². The fourth-order valence-electron chi connectivity index (χ4n) is 4.56. The number of aromatic nitrogens is 1. The number of amides is 2. The van der Waals surface area contributed by atoms with E-state index in [0.717, 1.165) is 24.2 Å². The van der Waals surface area contributed by atoms with E-state index in [0.29, 0.717) is 38.4 Å². The molecule has 2 fully saturated rings. The van der Waals surface area contributed by atoms with Crippen LogP contribution in [0.15, 0.2) is 48.5 Å². The van der Waals surface area contributed by atoms with Gasteiger partial charge in [-0.1, -0.05) is 36.4 Å². The molecule has 30 heavy (non-hydrogen) atoms. The van der Waals surface area contributed by atoms with Gasteiger partial charge in [0.05, 0.1) is 18.2 Å². The maximum Gasteiger partial charge on any atom is 0.229 e. The number of hydrogen-bond acceptors (Lipinski definition) is 5. The smallest absolute Gasteiger partial charge is 0.229 e. The lowest BCUT2D eigenvalue weighted by Gasteiger charge is -2.49. The highest BCUT2D eigenvalue weighted by atomic mass is 16.5. The summed E-state index contributed by atoms with van der Waals surface area (Å²) in [5, 5.41) is 6.20. The van der Waals surface area contributed by atoms with Crippen LogP contribution in [0.2, 0.25) is 0 Å². The molecule has 0 unspecified atom stereocenters. The molecule has 1 aromatic carbocycles. The summed E-state index contributed by atoms with van der Waals surface area (Å²) in [5.41, 5.74) is 1.35. The highest BCUT2D eigenvalue weighted by Crippen LogP contribution is 2.38. The molecule has 2 amide bonds. The van der Waals surface area contributed by atoms with Gasteiger partial charge in [0.1, 0.15) is 0 Å². The minimum Gasteiger partial charge on any atom is -0.481 e. The van der Waals surface area contributed by atoms with E-state index in [1.165, 1.54) is 0 Å². The second-order valence-corrected chi connectivity index (χ2v) is 8.12. The van der Waals surface area contributed by atoms with Gasteiger partial charge in [0.2, 0.25) is 17.7 Å². The molecule has 158 valence electrons. The molecule has 2 saturated heterocycles. The lowest BCUT2D eigenvalue weighted by atomic mass is 9.69. The minimum absolute atomic E-state index is 0.0136. The third-order valence-electron chi connectivity index (χ3n) is 6.16. The Labute approximate surface area is 176 Å². The van der Waals surface area contributed by atoms with Gasteiger partial charge in [0, 0.05) is 44.7 Å². The number of benzene rings is 1. The van der Waals surface area contributed by atoms with Gasteiger partial charge in [-0.3, -0.25) is 14.5 Å². The van der Waals surface area contributed by atoms with Gasteiger partial charge < -0.3 is 15.4 Å². The zero-order chi connectivity index (χ0) is 21.0. The molecule has 0 saturated carbocycles. The molecule has 0 bridgehead atoms. The first-order valence-corrected chi connectivity index (χ1v) is 10.4. The molecule has 0 radical (unpaired) electrons. The number of rotatable bonds is 6. The van der Waals surface area contributed by atoms with Gasteiger partial charge in [-0.15, -0.1) is 0 Å². The Morgan fingerprint density at radius 1 is 1.27 bits per heavy atom. The van der Waals surface area contributed by atoms with Crippen LogP contribution in [0.1, 0.15) is 30.5 Å². The summed E-state index contributed by atoms with van der Waals surface area (Å²) in [5.74, 6) is 0.636. The molecule has 2 aromatic rings. The number of hydrogen-bond donors (Lipinski definition) is 2. The Morgan fingerprint density at radius 3 is 2.90 bits per heavy atom. The number of carbonyl (C=O) groups is 2. The van der Waals surface area contributed by atoms with Crippen molar-refractivity contribution in [1.82, 2.24) is 20.5 Å². The second-order valence-electron chi connectivity index (χ2n) is 8.12. The van der Waals surface area contributed by atoms with Gasteiger partial charge in [-0.25, -0.2) is 4.98 Å². The molecule has 2 aliphatic heterocycles. The van der Waals surface area contributed by atoms with E-state index >= 15 is 0 Å². The molecule has 4 rings (SSSR count). The SMILES string of the molecule is COc1cccc(CN2CC[C@H]3NC(=O)CC[C@]3(C(=O)NCc3ccccc3)C2)n1. The Morgan fingerprint density at radius 2 is 2.10 bits per heavy atom. The number of likely N-dealkylation sites (tertiary alicyclic amines) is 1. The fraction of sp³-hybridized carbons (Fsp3) is 0.435. The molecular weight excluding hydrogens is 380 g/mol. The highest BCUT2D eigenvalue weighted by molar-refractivity contribution is 5.88. The monoisotopic (exact) mass is 408 g/mol. The number of nitrogens with one attached hydrogen (secondary N) is 2. The first-order chi connectivity index (χ1) is 14.6. The average Bonchev–Trinajstić information content (AvgIpc) is 2.78. The Bertz CT molecular complexity index is 904. The van der Waals surface area contributed by atoms with E-state index in [-0.39, 0.29) is 17.9 Å². The van der Waals surface area contributed by atoms with E-state index in [2.05, 4.69) is 20.5 Å². The predicted molar refractivity (Wildman–Crippen MR) is 113 cm³/mol. The lowest BCUT2D eigenvalue weighted by Crippen LogP contribution is -2.66. The molecule has 2 N–H and O–H groups in total. The summed E-state index contributed by atoms with van der Waals surface area (Å²) in [4.78, 5) is 32.2. The first kappa shape index (κ1) is 20.3. The van der Waals surface area contributed by atoms with E-state index < -0.39 is 5.41 Å². The van der Waals surface area contributed by atoms with Gasteiger partial charge in [0.15, 0.2) is 0 Å².